The third-order valence-corrected chi connectivity index (χ3v) is 4.04. The standard InChI is InChI=1S/C17H15FO3/c1-16(2)15(19)13-5-3-4-6-14(13)21-17(16,20)11-7-9-12(18)10-8-11/h3-10,20H,1-2H3. The van der Waals surface area contributed by atoms with Crippen molar-refractivity contribution < 1.29 is 19.0 Å². The summed E-state index contributed by atoms with van der Waals surface area (Å²) in [5, 5.41) is 11.0. The molecule has 108 valence electrons. The van der Waals surface area contributed by atoms with Gasteiger partial charge in [0.05, 0.1) is 11.0 Å². The molecule has 1 heterocycles. The lowest BCUT2D eigenvalue weighted by Gasteiger charge is -2.45. The lowest BCUT2D eigenvalue weighted by Crippen LogP contribution is -2.54. The minimum absolute atomic E-state index is 0.212. The fourth-order valence-corrected chi connectivity index (χ4v) is 2.62. The van der Waals surface area contributed by atoms with Crippen molar-refractivity contribution in [1.82, 2.24) is 0 Å². The van der Waals surface area contributed by atoms with Crippen LogP contribution in [0.1, 0.15) is 29.8 Å². The van der Waals surface area contributed by atoms with Crippen LogP contribution in [0.15, 0.2) is 48.5 Å². The lowest BCUT2D eigenvalue weighted by atomic mass is 9.71. The van der Waals surface area contributed by atoms with E-state index >= 15 is 0 Å². The van der Waals surface area contributed by atoms with Crippen LogP contribution in [0.2, 0.25) is 0 Å². The summed E-state index contributed by atoms with van der Waals surface area (Å²) < 4.78 is 18.8. The molecule has 3 nitrogen and oxygen atoms in total. The van der Waals surface area contributed by atoms with E-state index < -0.39 is 17.0 Å². The second-order valence-electron chi connectivity index (χ2n) is 5.70. The molecule has 4 heteroatoms. The van der Waals surface area contributed by atoms with E-state index in [1.165, 1.54) is 24.3 Å². The van der Waals surface area contributed by atoms with Crippen molar-refractivity contribution in [1.29, 1.82) is 0 Å². The van der Waals surface area contributed by atoms with Crippen molar-refractivity contribution in [2.24, 2.45) is 5.41 Å². The summed E-state index contributed by atoms with van der Waals surface area (Å²) in [7, 11) is 0. The van der Waals surface area contributed by atoms with E-state index in [4.69, 9.17) is 4.74 Å². The van der Waals surface area contributed by atoms with Gasteiger partial charge in [-0.25, -0.2) is 4.39 Å². The minimum Gasteiger partial charge on any atom is -0.456 e. The molecule has 1 atom stereocenters. The average Bonchev–Trinajstić information content (AvgIpc) is 2.46. The number of carbonyl (C=O) groups is 1. The highest BCUT2D eigenvalue weighted by Crippen LogP contribution is 2.48. The number of benzene rings is 2. The molecule has 1 aliphatic heterocycles. The predicted molar refractivity (Wildman–Crippen MR) is 75.5 cm³/mol. The van der Waals surface area contributed by atoms with E-state index in [1.54, 1.807) is 38.1 Å². The second kappa shape index (κ2) is 4.40. The number of aliphatic hydroxyl groups is 1. The molecule has 0 fully saturated rings. The maximum absolute atomic E-state index is 13.1. The highest BCUT2D eigenvalue weighted by atomic mass is 19.1. The van der Waals surface area contributed by atoms with Gasteiger partial charge in [0.1, 0.15) is 11.6 Å². The summed E-state index contributed by atoms with van der Waals surface area (Å²) in [6.45, 7) is 3.24. The number of rotatable bonds is 1. The highest BCUT2D eigenvalue weighted by molar-refractivity contribution is 6.04. The summed E-state index contributed by atoms with van der Waals surface area (Å²) in [4.78, 5) is 12.7. The Bertz CT molecular complexity index is 706. The van der Waals surface area contributed by atoms with Crippen molar-refractivity contribution >= 4 is 5.78 Å². The highest BCUT2D eigenvalue weighted by Gasteiger charge is 2.56. The molecule has 0 saturated carbocycles. The molecule has 0 aromatic heterocycles. The topological polar surface area (TPSA) is 46.5 Å². The number of carbonyl (C=O) groups excluding carboxylic acids is 1. The summed E-state index contributed by atoms with van der Waals surface area (Å²) in [6, 6.07) is 12.1. The Kier molecular flexibility index (Phi) is 2.88. The van der Waals surface area contributed by atoms with Gasteiger partial charge in [-0.2, -0.15) is 0 Å². The Balaban J connectivity index is 2.19. The second-order valence-corrected chi connectivity index (χ2v) is 5.70. The average molecular weight is 286 g/mol. The van der Waals surface area contributed by atoms with Gasteiger partial charge in [0, 0.05) is 5.56 Å². The van der Waals surface area contributed by atoms with Crippen molar-refractivity contribution in [2.45, 2.75) is 19.6 Å². The van der Waals surface area contributed by atoms with E-state index in [1.807, 2.05) is 0 Å². The zero-order valence-electron chi connectivity index (χ0n) is 11.8. The number of fused-ring (bicyclic) bond motifs is 1. The zero-order chi connectivity index (χ0) is 15.3. The minimum atomic E-state index is -1.84. The Labute approximate surface area is 122 Å². The Hall–Kier alpha value is -2.20. The molecule has 3 rings (SSSR count). The van der Waals surface area contributed by atoms with E-state index in [-0.39, 0.29) is 5.78 Å². The summed E-state index contributed by atoms with van der Waals surface area (Å²) >= 11 is 0. The van der Waals surface area contributed by atoms with E-state index in [2.05, 4.69) is 0 Å². The lowest BCUT2D eigenvalue weighted by molar-refractivity contribution is -0.210. The summed E-state index contributed by atoms with van der Waals surface area (Å²) in [5.41, 5.74) is -0.412. The molecule has 1 aliphatic rings. The van der Waals surface area contributed by atoms with Crippen molar-refractivity contribution in [2.75, 3.05) is 0 Å². The monoisotopic (exact) mass is 286 g/mol. The van der Waals surface area contributed by atoms with Gasteiger partial charge in [0.15, 0.2) is 5.78 Å². The predicted octanol–water partition coefficient (Wildman–Crippen LogP) is 3.27. The van der Waals surface area contributed by atoms with Gasteiger partial charge in [-0.15, -0.1) is 0 Å². The smallest absolute Gasteiger partial charge is 0.247 e. The fraction of sp³-hybridized carbons (Fsp3) is 0.235. The van der Waals surface area contributed by atoms with E-state index in [9.17, 15) is 14.3 Å². The number of ether oxygens (including phenoxy) is 1. The largest absolute Gasteiger partial charge is 0.456 e. The summed E-state index contributed by atoms with van der Waals surface area (Å²) in [6.07, 6.45) is 0. The van der Waals surface area contributed by atoms with Gasteiger partial charge in [-0.3, -0.25) is 4.79 Å². The van der Waals surface area contributed by atoms with Crippen LogP contribution in [-0.4, -0.2) is 10.9 Å². The number of ketones is 1. The number of halogens is 1. The first-order chi connectivity index (χ1) is 9.86. The molecule has 0 saturated heterocycles. The van der Waals surface area contributed by atoms with Crippen LogP contribution >= 0.6 is 0 Å². The third-order valence-electron chi connectivity index (χ3n) is 4.04. The molecule has 0 amide bonds. The molecule has 2 aromatic carbocycles. The molecular formula is C17H15FO3. The molecule has 2 aromatic rings. The van der Waals surface area contributed by atoms with Gasteiger partial charge in [-0.1, -0.05) is 12.1 Å². The SMILES string of the molecule is CC1(C)C(=O)c2ccccc2OC1(O)c1ccc(F)cc1. The van der Waals surface area contributed by atoms with Crippen LogP contribution in [0.4, 0.5) is 4.39 Å². The Morgan fingerprint density at radius 3 is 2.33 bits per heavy atom. The van der Waals surface area contributed by atoms with Crippen LogP contribution in [0.3, 0.4) is 0 Å². The maximum Gasteiger partial charge on any atom is 0.247 e. The Morgan fingerprint density at radius 1 is 1.05 bits per heavy atom. The van der Waals surface area contributed by atoms with E-state index in [0.29, 0.717) is 16.9 Å². The van der Waals surface area contributed by atoms with E-state index in [0.717, 1.165) is 0 Å². The number of Topliss-reactive ketones (excluding diaryl/α,β-unsaturated/α-hetero) is 1. The molecule has 0 spiro atoms. The van der Waals surface area contributed by atoms with Gasteiger partial charge in [-0.05, 0) is 50.2 Å². The van der Waals surface area contributed by atoms with Crippen LogP contribution < -0.4 is 4.74 Å². The summed E-state index contributed by atoms with van der Waals surface area (Å²) in [5.74, 6) is -2.14. The number of hydrogen-bond acceptors (Lipinski definition) is 3. The van der Waals surface area contributed by atoms with Gasteiger partial charge in [0.2, 0.25) is 5.79 Å². The maximum atomic E-state index is 13.1. The number of hydrogen-bond donors (Lipinski definition) is 1. The first-order valence-electron chi connectivity index (χ1n) is 6.67. The molecule has 1 N–H and O–H groups in total. The fourth-order valence-electron chi connectivity index (χ4n) is 2.62. The molecule has 0 radical (unpaired) electrons. The van der Waals surface area contributed by atoms with Crippen molar-refractivity contribution in [3.8, 4) is 5.75 Å². The van der Waals surface area contributed by atoms with Crippen LogP contribution in [0.25, 0.3) is 0 Å². The molecule has 0 aliphatic carbocycles. The first-order valence-corrected chi connectivity index (χ1v) is 6.67. The molecular weight excluding hydrogens is 271 g/mol. The quantitative estimate of drug-likeness (QED) is 0.875. The van der Waals surface area contributed by atoms with Crippen LogP contribution in [0.5, 0.6) is 5.75 Å². The van der Waals surface area contributed by atoms with Crippen LogP contribution in [-0.2, 0) is 5.79 Å². The molecule has 1 unspecified atom stereocenters. The van der Waals surface area contributed by atoms with Crippen LogP contribution in [0, 0.1) is 11.2 Å². The third kappa shape index (κ3) is 1.87. The normalized spacial score (nSPS) is 23.3. The van der Waals surface area contributed by atoms with Crippen molar-refractivity contribution in [3.63, 3.8) is 0 Å². The number of para-hydroxylation sites is 1. The first kappa shape index (κ1) is 13.8. The Morgan fingerprint density at radius 2 is 1.67 bits per heavy atom. The van der Waals surface area contributed by atoms with Crippen molar-refractivity contribution in [3.05, 3.63) is 65.5 Å². The van der Waals surface area contributed by atoms with Gasteiger partial charge >= 0.3 is 0 Å². The molecule has 0 bridgehead atoms. The zero-order valence-corrected chi connectivity index (χ0v) is 11.8. The van der Waals surface area contributed by atoms with Gasteiger partial charge in [0.25, 0.3) is 0 Å². The van der Waals surface area contributed by atoms with Gasteiger partial charge < -0.3 is 9.84 Å². The molecule has 21 heavy (non-hydrogen) atoms.